The van der Waals surface area contributed by atoms with Crippen LogP contribution in [0, 0.1) is 0 Å². The molecule has 0 saturated heterocycles. The first kappa shape index (κ1) is 21.2. The van der Waals surface area contributed by atoms with Crippen LogP contribution in [0.4, 0.5) is 0 Å². The van der Waals surface area contributed by atoms with Crippen molar-refractivity contribution in [1.82, 2.24) is 5.32 Å². The number of amides is 1. The Bertz CT molecular complexity index is 572. The SMILES string of the molecule is CCCCNC(=O)C[N+](C)(C)Cc1ccc(C(=O)OC(C)(C)C)cc1. The molecule has 5 heteroatoms. The molecule has 1 amide bonds. The first-order valence-electron chi connectivity index (χ1n) is 8.93. The van der Waals surface area contributed by atoms with Crippen LogP contribution in [0.25, 0.3) is 0 Å². The molecule has 5 nitrogen and oxygen atoms in total. The van der Waals surface area contributed by atoms with E-state index >= 15 is 0 Å². The molecular formula is C20H33N2O3+. The second-order valence-electron chi connectivity index (χ2n) is 8.15. The molecule has 1 aromatic rings. The zero-order valence-corrected chi connectivity index (χ0v) is 16.5. The maximum Gasteiger partial charge on any atom is 0.338 e. The summed E-state index contributed by atoms with van der Waals surface area (Å²) in [5.41, 5.74) is 1.12. The van der Waals surface area contributed by atoms with Gasteiger partial charge in [-0.15, -0.1) is 0 Å². The molecule has 1 N–H and O–H groups in total. The van der Waals surface area contributed by atoms with Crippen LogP contribution < -0.4 is 5.32 Å². The quantitative estimate of drug-likeness (QED) is 0.446. The Morgan fingerprint density at radius 3 is 2.24 bits per heavy atom. The summed E-state index contributed by atoms with van der Waals surface area (Å²) in [6.45, 7) is 9.54. The van der Waals surface area contributed by atoms with E-state index in [1.165, 1.54) is 0 Å². The lowest BCUT2D eigenvalue weighted by Crippen LogP contribution is -2.46. The third-order valence-electron chi connectivity index (χ3n) is 3.62. The smallest absolute Gasteiger partial charge is 0.338 e. The average Bonchev–Trinajstić information content (AvgIpc) is 2.45. The summed E-state index contributed by atoms with van der Waals surface area (Å²) in [6, 6.07) is 7.41. The van der Waals surface area contributed by atoms with E-state index in [1.807, 2.05) is 47.0 Å². The van der Waals surface area contributed by atoms with Crippen molar-refractivity contribution >= 4 is 11.9 Å². The monoisotopic (exact) mass is 349 g/mol. The lowest BCUT2D eigenvalue weighted by atomic mass is 10.1. The maximum atomic E-state index is 12.0. The van der Waals surface area contributed by atoms with Crippen molar-refractivity contribution in [3.05, 3.63) is 35.4 Å². The zero-order chi connectivity index (χ0) is 19.1. The fourth-order valence-corrected chi connectivity index (χ4v) is 2.48. The highest BCUT2D eigenvalue weighted by Gasteiger charge is 2.21. The summed E-state index contributed by atoms with van der Waals surface area (Å²) in [4.78, 5) is 24.1. The Balaban J connectivity index is 2.61. The molecule has 1 rings (SSSR count). The van der Waals surface area contributed by atoms with E-state index in [1.54, 1.807) is 12.1 Å². The van der Waals surface area contributed by atoms with Gasteiger partial charge in [-0.05, 0) is 39.3 Å². The summed E-state index contributed by atoms with van der Waals surface area (Å²) in [6.07, 6.45) is 2.08. The second kappa shape index (κ2) is 8.99. The predicted octanol–water partition coefficient (Wildman–Crippen LogP) is 3.13. The Hall–Kier alpha value is -1.88. The number of rotatable bonds is 8. The number of carbonyl (C=O) groups excluding carboxylic acids is 2. The molecule has 0 heterocycles. The molecule has 1 aromatic carbocycles. The van der Waals surface area contributed by atoms with Crippen LogP contribution in [-0.4, -0.2) is 49.1 Å². The summed E-state index contributed by atoms with van der Waals surface area (Å²) in [5, 5.41) is 2.96. The molecule has 0 bridgehead atoms. The molecule has 0 aromatic heterocycles. The van der Waals surface area contributed by atoms with Crippen LogP contribution >= 0.6 is 0 Å². The summed E-state index contributed by atoms with van der Waals surface area (Å²) in [5.74, 6) is -0.244. The molecule has 0 aliphatic rings. The van der Waals surface area contributed by atoms with Crippen LogP contribution in [0.1, 0.15) is 56.5 Å². The molecule has 140 valence electrons. The van der Waals surface area contributed by atoms with Gasteiger partial charge in [-0.25, -0.2) is 4.79 Å². The largest absolute Gasteiger partial charge is 0.456 e. The number of hydrogen-bond donors (Lipinski definition) is 1. The van der Waals surface area contributed by atoms with Crippen LogP contribution in [0.2, 0.25) is 0 Å². The molecular weight excluding hydrogens is 316 g/mol. The van der Waals surface area contributed by atoms with Crippen LogP contribution in [0.5, 0.6) is 0 Å². The number of esters is 1. The van der Waals surface area contributed by atoms with E-state index in [0.717, 1.165) is 31.5 Å². The van der Waals surface area contributed by atoms with E-state index in [-0.39, 0.29) is 11.9 Å². The van der Waals surface area contributed by atoms with Crippen molar-refractivity contribution in [2.45, 2.75) is 52.7 Å². The third-order valence-corrected chi connectivity index (χ3v) is 3.62. The number of quaternary nitrogens is 1. The van der Waals surface area contributed by atoms with Crippen molar-refractivity contribution in [1.29, 1.82) is 0 Å². The number of benzene rings is 1. The molecule has 0 fully saturated rings. The highest BCUT2D eigenvalue weighted by molar-refractivity contribution is 5.89. The first-order valence-corrected chi connectivity index (χ1v) is 8.93. The summed E-state index contributed by atoms with van der Waals surface area (Å²) < 4.78 is 5.93. The van der Waals surface area contributed by atoms with Gasteiger partial charge in [0, 0.05) is 12.1 Å². The van der Waals surface area contributed by atoms with Gasteiger partial charge in [0.1, 0.15) is 12.1 Å². The molecule has 0 spiro atoms. The Morgan fingerprint density at radius 2 is 1.72 bits per heavy atom. The predicted molar refractivity (Wildman–Crippen MR) is 100 cm³/mol. The third kappa shape index (κ3) is 8.68. The van der Waals surface area contributed by atoms with Gasteiger partial charge in [0.2, 0.25) is 0 Å². The number of hydrogen-bond acceptors (Lipinski definition) is 3. The summed E-state index contributed by atoms with van der Waals surface area (Å²) in [7, 11) is 4.06. The van der Waals surface area contributed by atoms with Gasteiger partial charge in [0.25, 0.3) is 5.91 Å². The lowest BCUT2D eigenvalue weighted by Gasteiger charge is -2.29. The Kier molecular flexibility index (Phi) is 7.61. The number of ether oxygens (including phenoxy) is 1. The number of unbranched alkanes of at least 4 members (excludes halogenated alkanes) is 1. The molecule has 0 unspecified atom stereocenters. The van der Waals surface area contributed by atoms with Gasteiger partial charge >= 0.3 is 5.97 Å². The second-order valence-corrected chi connectivity index (χ2v) is 8.15. The highest BCUT2D eigenvalue weighted by atomic mass is 16.6. The maximum absolute atomic E-state index is 12.0. The number of nitrogens with zero attached hydrogens (tertiary/aromatic N) is 1. The normalized spacial score (nSPS) is 11.9. The van der Waals surface area contributed by atoms with Crippen molar-refractivity contribution in [3.63, 3.8) is 0 Å². The molecule has 0 atom stereocenters. The molecule has 0 saturated carbocycles. The van der Waals surface area contributed by atoms with Crippen molar-refractivity contribution in [2.24, 2.45) is 0 Å². The van der Waals surface area contributed by atoms with Gasteiger partial charge in [0.05, 0.1) is 19.7 Å². The van der Waals surface area contributed by atoms with Gasteiger partial charge in [-0.2, -0.15) is 0 Å². The fraction of sp³-hybridized carbons (Fsp3) is 0.600. The fourth-order valence-electron chi connectivity index (χ4n) is 2.48. The van der Waals surface area contributed by atoms with E-state index in [0.29, 0.717) is 16.6 Å². The Morgan fingerprint density at radius 1 is 1.12 bits per heavy atom. The van der Waals surface area contributed by atoms with Crippen LogP contribution in [0.3, 0.4) is 0 Å². The molecule has 25 heavy (non-hydrogen) atoms. The van der Waals surface area contributed by atoms with E-state index in [9.17, 15) is 9.59 Å². The van der Waals surface area contributed by atoms with Gasteiger partial charge in [-0.3, -0.25) is 4.79 Å². The van der Waals surface area contributed by atoms with Gasteiger partial charge in [-0.1, -0.05) is 25.5 Å². The topological polar surface area (TPSA) is 55.4 Å². The molecule has 0 aliphatic heterocycles. The van der Waals surface area contributed by atoms with Crippen LogP contribution in [-0.2, 0) is 16.1 Å². The zero-order valence-electron chi connectivity index (χ0n) is 16.5. The first-order chi connectivity index (χ1) is 11.5. The van der Waals surface area contributed by atoms with E-state index < -0.39 is 5.60 Å². The summed E-state index contributed by atoms with van der Waals surface area (Å²) >= 11 is 0. The average molecular weight is 349 g/mol. The molecule has 0 aliphatic carbocycles. The minimum Gasteiger partial charge on any atom is -0.456 e. The van der Waals surface area contributed by atoms with E-state index in [4.69, 9.17) is 4.74 Å². The Labute approximate surface area is 151 Å². The standard InChI is InChI=1S/C20H32N2O3/c1-7-8-13-21-18(23)15-22(5,6)14-16-9-11-17(12-10-16)19(24)25-20(2,3)4/h9-12H,7-8,13-15H2,1-6H3/p+1. The molecule has 0 radical (unpaired) electrons. The number of carbonyl (C=O) groups is 2. The number of likely N-dealkylation sites (N-methyl/N-ethyl adjacent to an activating group) is 1. The van der Waals surface area contributed by atoms with Crippen molar-refractivity contribution in [3.8, 4) is 0 Å². The number of nitrogens with one attached hydrogen (secondary N) is 1. The van der Waals surface area contributed by atoms with Gasteiger partial charge in [0.15, 0.2) is 6.54 Å². The highest BCUT2D eigenvalue weighted by Crippen LogP contribution is 2.15. The van der Waals surface area contributed by atoms with Crippen LogP contribution in [0.15, 0.2) is 24.3 Å². The minimum atomic E-state index is -0.500. The van der Waals surface area contributed by atoms with E-state index in [2.05, 4.69) is 12.2 Å². The van der Waals surface area contributed by atoms with Crippen molar-refractivity contribution in [2.75, 3.05) is 27.2 Å². The van der Waals surface area contributed by atoms with Crippen molar-refractivity contribution < 1.29 is 18.8 Å². The van der Waals surface area contributed by atoms with Gasteiger partial charge < -0.3 is 14.5 Å². The minimum absolute atomic E-state index is 0.0730. The lowest BCUT2D eigenvalue weighted by molar-refractivity contribution is -0.895.